The third-order valence-electron chi connectivity index (χ3n) is 7.28. The number of hydrogen-bond acceptors (Lipinski definition) is 3. The molecule has 3 aromatic rings. The van der Waals surface area contributed by atoms with E-state index in [1.54, 1.807) is 0 Å². The van der Waals surface area contributed by atoms with Crippen molar-refractivity contribution in [3.8, 4) is 17.0 Å². The quantitative estimate of drug-likeness (QED) is 0.505. The number of pyridine rings is 1. The lowest BCUT2D eigenvalue weighted by Gasteiger charge is -2.28. The first-order chi connectivity index (χ1) is 15.5. The van der Waals surface area contributed by atoms with Gasteiger partial charge in [0, 0.05) is 17.0 Å². The molecule has 2 fully saturated rings. The van der Waals surface area contributed by atoms with E-state index in [2.05, 4.69) is 12.2 Å². The third-order valence-corrected chi connectivity index (χ3v) is 7.28. The van der Waals surface area contributed by atoms with E-state index in [1.165, 1.54) is 25.7 Å². The van der Waals surface area contributed by atoms with E-state index in [9.17, 15) is 4.79 Å². The first-order valence-electron chi connectivity index (χ1n) is 12.0. The Bertz CT molecular complexity index is 1140. The van der Waals surface area contributed by atoms with E-state index in [4.69, 9.17) is 9.72 Å². The summed E-state index contributed by atoms with van der Waals surface area (Å²) in [7, 11) is 0. The predicted octanol–water partition coefficient (Wildman–Crippen LogP) is 6.24. The molecule has 0 aliphatic heterocycles. The highest BCUT2D eigenvalue weighted by molar-refractivity contribution is 6.07. The van der Waals surface area contributed by atoms with Gasteiger partial charge in [-0.25, -0.2) is 4.98 Å². The summed E-state index contributed by atoms with van der Waals surface area (Å²) in [5.74, 6) is 3.02. The standard InChI is InChI=1S/C28H32N2O2/c1-17(2)32-27-11-7-5-9-22(27)26-16-24(21-8-4-6-10-25(21)30-26)28(31)29-18(3)23-15-19-12-13-20(23)14-19/h4-11,16-20,23H,12-15H2,1-3H3,(H,29,31)/t18-,19-,20-,23+/m0/s1. The van der Waals surface area contributed by atoms with Gasteiger partial charge in [-0.3, -0.25) is 4.79 Å². The van der Waals surface area contributed by atoms with Crippen LogP contribution in [-0.2, 0) is 0 Å². The fourth-order valence-corrected chi connectivity index (χ4v) is 5.83. The monoisotopic (exact) mass is 428 g/mol. The van der Waals surface area contributed by atoms with Crippen molar-refractivity contribution in [2.45, 2.75) is 58.6 Å². The van der Waals surface area contributed by atoms with Crippen LogP contribution >= 0.6 is 0 Å². The van der Waals surface area contributed by atoms with E-state index in [-0.39, 0.29) is 18.1 Å². The molecule has 2 aliphatic rings. The van der Waals surface area contributed by atoms with Crippen LogP contribution in [0.2, 0.25) is 0 Å². The van der Waals surface area contributed by atoms with Crippen molar-refractivity contribution in [3.63, 3.8) is 0 Å². The molecule has 0 saturated heterocycles. The zero-order valence-electron chi connectivity index (χ0n) is 19.2. The van der Waals surface area contributed by atoms with Crippen molar-refractivity contribution in [2.75, 3.05) is 0 Å². The summed E-state index contributed by atoms with van der Waals surface area (Å²) in [6.45, 7) is 6.21. The maximum Gasteiger partial charge on any atom is 0.252 e. The largest absolute Gasteiger partial charge is 0.490 e. The molecule has 2 bridgehead atoms. The van der Waals surface area contributed by atoms with Gasteiger partial charge in [0.1, 0.15) is 5.75 Å². The summed E-state index contributed by atoms with van der Waals surface area (Å²) in [5, 5.41) is 4.23. The first kappa shape index (κ1) is 21.0. The highest BCUT2D eigenvalue weighted by Crippen LogP contribution is 2.49. The van der Waals surface area contributed by atoms with Gasteiger partial charge < -0.3 is 10.1 Å². The molecule has 4 atom stereocenters. The van der Waals surface area contributed by atoms with E-state index >= 15 is 0 Å². The number of rotatable bonds is 6. The Labute approximate surface area is 190 Å². The number of amides is 1. The summed E-state index contributed by atoms with van der Waals surface area (Å²) >= 11 is 0. The number of aromatic nitrogens is 1. The Morgan fingerprint density at radius 3 is 2.56 bits per heavy atom. The van der Waals surface area contributed by atoms with Crippen molar-refractivity contribution in [1.82, 2.24) is 10.3 Å². The topological polar surface area (TPSA) is 51.2 Å². The summed E-state index contributed by atoms with van der Waals surface area (Å²) < 4.78 is 6.03. The van der Waals surface area contributed by atoms with Gasteiger partial charge in [-0.1, -0.05) is 36.8 Å². The number of benzene rings is 2. The summed E-state index contributed by atoms with van der Waals surface area (Å²) in [6, 6.07) is 17.9. The van der Waals surface area contributed by atoms with Gasteiger partial charge in [-0.15, -0.1) is 0 Å². The number of fused-ring (bicyclic) bond motifs is 3. The fraction of sp³-hybridized carbons (Fsp3) is 0.429. The van der Waals surface area contributed by atoms with Crippen LogP contribution in [0.25, 0.3) is 22.2 Å². The molecule has 1 heterocycles. The van der Waals surface area contributed by atoms with Gasteiger partial charge in [0.25, 0.3) is 5.91 Å². The third kappa shape index (κ3) is 3.99. The molecule has 2 saturated carbocycles. The lowest BCUT2D eigenvalue weighted by Crippen LogP contribution is -2.40. The van der Waals surface area contributed by atoms with Gasteiger partial charge in [-0.05, 0) is 82.1 Å². The average Bonchev–Trinajstić information content (AvgIpc) is 3.42. The maximum atomic E-state index is 13.5. The smallest absolute Gasteiger partial charge is 0.252 e. The number of para-hydroxylation sites is 2. The average molecular weight is 429 g/mol. The Morgan fingerprint density at radius 2 is 1.81 bits per heavy atom. The second-order valence-electron chi connectivity index (χ2n) is 9.84. The molecule has 32 heavy (non-hydrogen) atoms. The lowest BCUT2D eigenvalue weighted by molar-refractivity contribution is 0.0917. The first-order valence-corrected chi connectivity index (χ1v) is 12.0. The second-order valence-corrected chi connectivity index (χ2v) is 9.84. The number of carbonyl (C=O) groups is 1. The van der Waals surface area contributed by atoms with Crippen molar-refractivity contribution >= 4 is 16.8 Å². The van der Waals surface area contributed by atoms with Gasteiger partial charge >= 0.3 is 0 Å². The van der Waals surface area contributed by atoms with Crippen molar-refractivity contribution in [3.05, 3.63) is 60.2 Å². The molecule has 5 rings (SSSR count). The van der Waals surface area contributed by atoms with Crippen LogP contribution in [0, 0.1) is 17.8 Å². The zero-order valence-corrected chi connectivity index (χ0v) is 19.2. The molecule has 1 N–H and O–H groups in total. The normalized spacial score (nSPS) is 22.9. The van der Waals surface area contributed by atoms with E-state index in [0.717, 1.165) is 39.7 Å². The summed E-state index contributed by atoms with van der Waals surface area (Å²) in [4.78, 5) is 18.4. The number of carbonyl (C=O) groups excluding carboxylic acids is 1. The minimum absolute atomic E-state index is 0.0117. The van der Waals surface area contributed by atoms with E-state index in [0.29, 0.717) is 11.5 Å². The molecule has 0 spiro atoms. The molecule has 4 heteroatoms. The van der Waals surface area contributed by atoms with E-state index in [1.807, 2.05) is 68.4 Å². The maximum absolute atomic E-state index is 13.5. The predicted molar refractivity (Wildman–Crippen MR) is 129 cm³/mol. The molecular formula is C28H32N2O2. The van der Waals surface area contributed by atoms with Crippen LogP contribution in [0.3, 0.4) is 0 Å². The van der Waals surface area contributed by atoms with Crippen LogP contribution in [0.1, 0.15) is 56.8 Å². The highest BCUT2D eigenvalue weighted by Gasteiger charge is 2.42. The number of nitrogens with zero attached hydrogens (tertiary/aromatic N) is 1. The molecule has 0 radical (unpaired) electrons. The SMILES string of the molecule is CC(C)Oc1ccccc1-c1cc(C(=O)N[C@@H](C)[C@H]2C[C@H]3CC[C@H]2C3)c2ccccc2n1. The van der Waals surface area contributed by atoms with Gasteiger partial charge in [-0.2, -0.15) is 0 Å². The minimum atomic E-state index is -0.0117. The molecule has 4 nitrogen and oxygen atoms in total. The minimum Gasteiger partial charge on any atom is -0.490 e. The number of nitrogens with one attached hydrogen (secondary N) is 1. The Balaban J connectivity index is 1.50. The van der Waals surface area contributed by atoms with Gasteiger partial charge in [0.05, 0.1) is 22.9 Å². The van der Waals surface area contributed by atoms with E-state index < -0.39 is 0 Å². The lowest BCUT2D eigenvalue weighted by atomic mass is 9.84. The van der Waals surface area contributed by atoms with Crippen LogP contribution in [-0.4, -0.2) is 23.0 Å². The van der Waals surface area contributed by atoms with Crippen LogP contribution in [0.15, 0.2) is 54.6 Å². The van der Waals surface area contributed by atoms with Crippen molar-refractivity contribution < 1.29 is 9.53 Å². The summed E-state index contributed by atoms with van der Waals surface area (Å²) in [5.41, 5.74) is 3.17. The molecule has 1 aromatic heterocycles. The van der Waals surface area contributed by atoms with Crippen LogP contribution in [0.4, 0.5) is 0 Å². The highest BCUT2D eigenvalue weighted by atomic mass is 16.5. The van der Waals surface area contributed by atoms with Crippen LogP contribution in [0.5, 0.6) is 5.75 Å². The zero-order chi connectivity index (χ0) is 22.2. The van der Waals surface area contributed by atoms with Crippen molar-refractivity contribution in [2.24, 2.45) is 17.8 Å². The van der Waals surface area contributed by atoms with Gasteiger partial charge in [0.15, 0.2) is 0 Å². The fourth-order valence-electron chi connectivity index (χ4n) is 5.83. The number of hydrogen-bond donors (Lipinski definition) is 1. The molecule has 2 aliphatic carbocycles. The molecule has 166 valence electrons. The van der Waals surface area contributed by atoms with Gasteiger partial charge in [0.2, 0.25) is 0 Å². The van der Waals surface area contributed by atoms with Crippen molar-refractivity contribution in [1.29, 1.82) is 0 Å². The summed E-state index contributed by atoms with van der Waals surface area (Å²) in [6.07, 6.45) is 5.36. The second kappa shape index (κ2) is 8.57. The Hall–Kier alpha value is -2.88. The molecule has 1 amide bonds. The Kier molecular flexibility index (Phi) is 5.62. The molecule has 2 aromatic carbocycles. The Morgan fingerprint density at radius 1 is 1.03 bits per heavy atom. The van der Waals surface area contributed by atoms with Crippen LogP contribution < -0.4 is 10.1 Å². The number of ether oxygens (including phenoxy) is 1. The molecule has 0 unspecified atom stereocenters. The molecular weight excluding hydrogens is 396 g/mol.